The molecule has 4 amide bonds. The Bertz CT molecular complexity index is 1840. The van der Waals surface area contributed by atoms with Gasteiger partial charge in [0.05, 0.1) is 23.8 Å². The molecule has 52 heavy (non-hydrogen) atoms. The van der Waals surface area contributed by atoms with Gasteiger partial charge < -0.3 is 36.2 Å². The quantitative estimate of drug-likeness (QED) is 0.111. The summed E-state index contributed by atoms with van der Waals surface area (Å²) in [5.74, 6) is -6.15. The van der Waals surface area contributed by atoms with Crippen LogP contribution in [0.4, 0.5) is 4.79 Å². The summed E-state index contributed by atoms with van der Waals surface area (Å²) in [6.07, 6.45) is -1.59. The van der Waals surface area contributed by atoms with Crippen LogP contribution < -0.4 is 21.3 Å². The molecule has 3 rings (SSSR count). The van der Waals surface area contributed by atoms with E-state index >= 15 is 0 Å². The van der Waals surface area contributed by atoms with E-state index in [4.69, 9.17) is 4.74 Å². The van der Waals surface area contributed by atoms with Crippen LogP contribution in [-0.4, -0.2) is 72.5 Å². The predicted octanol–water partition coefficient (Wildman–Crippen LogP) is 2.70. The summed E-state index contributed by atoms with van der Waals surface area (Å²) in [7, 11) is -3.98. The molecular weight excluding hydrogens is 696 g/mol. The van der Waals surface area contributed by atoms with Gasteiger partial charge in [-0.3, -0.25) is 24.0 Å². The number of carbonyl (C=O) groups is 6. The Morgan fingerprint density at radius 2 is 1.25 bits per heavy atom. The van der Waals surface area contributed by atoms with Gasteiger partial charge in [-0.15, -0.1) is 0 Å². The third-order valence-electron chi connectivity index (χ3n) is 7.41. The zero-order valence-corrected chi connectivity index (χ0v) is 29.1. The minimum Gasteiger partial charge on any atom is -0.481 e. The SMILES string of the molecule is CC(C)C(NC(=O)C(NC(=O)C(CC(=O)O)NC(=O)OCc1ccccc1)c1ccccc1)C(=O)NC(C=CS(=O)(=O)c1ccccc1)CC(=O)O. The molecule has 3 aromatic carbocycles. The minimum atomic E-state index is -3.98. The lowest BCUT2D eigenvalue weighted by molar-refractivity contribution is -0.140. The van der Waals surface area contributed by atoms with E-state index in [1.807, 2.05) is 0 Å². The van der Waals surface area contributed by atoms with Gasteiger partial charge in [-0.2, -0.15) is 0 Å². The number of hydrogen-bond acceptors (Lipinski definition) is 9. The van der Waals surface area contributed by atoms with Crippen LogP contribution in [0.1, 0.15) is 43.9 Å². The topological polar surface area (TPSA) is 234 Å². The number of sulfone groups is 1. The molecule has 0 fully saturated rings. The van der Waals surface area contributed by atoms with Crippen LogP contribution in [-0.2, 0) is 45.2 Å². The van der Waals surface area contributed by atoms with Gasteiger partial charge in [0.2, 0.25) is 17.7 Å². The molecule has 0 aliphatic heterocycles. The molecule has 0 spiro atoms. The average Bonchev–Trinajstić information content (AvgIpc) is 3.11. The summed E-state index contributed by atoms with van der Waals surface area (Å²) in [5.41, 5.74) is 0.888. The number of nitrogens with one attached hydrogen (secondary N) is 4. The summed E-state index contributed by atoms with van der Waals surface area (Å²) in [6, 6.07) is 18.0. The molecule has 0 aliphatic carbocycles. The number of hydrogen-bond donors (Lipinski definition) is 6. The van der Waals surface area contributed by atoms with Crippen LogP contribution in [0, 0.1) is 5.92 Å². The minimum absolute atomic E-state index is 0.0437. The van der Waals surface area contributed by atoms with Crippen LogP contribution in [0.15, 0.2) is 107 Å². The maximum Gasteiger partial charge on any atom is 0.408 e. The maximum atomic E-state index is 13.8. The van der Waals surface area contributed by atoms with Crippen molar-refractivity contribution in [2.24, 2.45) is 5.92 Å². The van der Waals surface area contributed by atoms with Crippen LogP contribution >= 0.6 is 0 Å². The van der Waals surface area contributed by atoms with Crippen LogP contribution in [0.3, 0.4) is 0 Å². The lowest BCUT2D eigenvalue weighted by atomic mass is 10.00. The first-order valence-electron chi connectivity index (χ1n) is 16.0. The number of amides is 4. The molecule has 0 bridgehead atoms. The van der Waals surface area contributed by atoms with Crippen molar-refractivity contribution in [3.63, 3.8) is 0 Å². The molecule has 0 aliphatic rings. The number of ether oxygens (including phenoxy) is 1. The number of carboxylic acid groups (broad SMARTS) is 2. The largest absolute Gasteiger partial charge is 0.481 e. The zero-order valence-electron chi connectivity index (χ0n) is 28.3. The highest BCUT2D eigenvalue weighted by molar-refractivity contribution is 7.94. The summed E-state index contributed by atoms with van der Waals surface area (Å²) in [4.78, 5) is 76.4. The smallest absolute Gasteiger partial charge is 0.408 e. The third-order valence-corrected chi connectivity index (χ3v) is 8.86. The highest BCUT2D eigenvalue weighted by Crippen LogP contribution is 2.16. The Kier molecular flexibility index (Phi) is 15.1. The first-order valence-corrected chi connectivity index (χ1v) is 17.6. The van der Waals surface area contributed by atoms with Gasteiger partial charge in [-0.05, 0) is 35.3 Å². The summed E-state index contributed by atoms with van der Waals surface area (Å²) >= 11 is 0. The summed E-state index contributed by atoms with van der Waals surface area (Å²) < 4.78 is 30.6. The molecule has 6 N–H and O–H groups in total. The van der Waals surface area contributed by atoms with E-state index in [0.29, 0.717) is 5.56 Å². The van der Waals surface area contributed by atoms with E-state index in [0.717, 1.165) is 11.5 Å². The van der Waals surface area contributed by atoms with Crippen molar-refractivity contribution < 1.29 is 52.1 Å². The van der Waals surface area contributed by atoms with E-state index in [2.05, 4.69) is 21.3 Å². The molecule has 276 valence electrons. The van der Waals surface area contributed by atoms with E-state index in [9.17, 15) is 47.4 Å². The van der Waals surface area contributed by atoms with Gasteiger partial charge in [-0.1, -0.05) is 92.7 Å². The molecule has 0 radical (unpaired) electrons. The second kappa shape index (κ2) is 19.4. The van der Waals surface area contributed by atoms with Crippen molar-refractivity contribution in [1.82, 2.24) is 21.3 Å². The van der Waals surface area contributed by atoms with Crippen LogP contribution in [0.2, 0.25) is 0 Å². The van der Waals surface area contributed by atoms with E-state index in [-0.39, 0.29) is 17.1 Å². The van der Waals surface area contributed by atoms with E-state index in [1.165, 1.54) is 36.4 Å². The molecule has 4 unspecified atom stereocenters. The Morgan fingerprint density at radius 1 is 0.692 bits per heavy atom. The first-order chi connectivity index (χ1) is 24.7. The molecular formula is C36H40N4O11S. The normalized spacial score (nSPS) is 13.6. The van der Waals surface area contributed by atoms with Gasteiger partial charge in [0.25, 0.3) is 0 Å². The standard InChI is InChI=1S/C36H40N4O11S/c1-23(2)31(34(46)37-26(20-29(41)42)18-19-52(49,50)27-16-10-5-11-17-27)39-35(47)32(25-14-8-4-9-15-25)40-33(45)28(21-30(43)44)38-36(48)51-22-24-12-6-3-7-13-24/h3-19,23,26,28,31-32H,20-22H2,1-2H3,(H,37,46)(H,38,48)(H,39,47)(H,40,45)(H,41,42)(H,43,44). The Balaban J connectivity index is 1.80. The highest BCUT2D eigenvalue weighted by atomic mass is 32.2. The maximum absolute atomic E-state index is 13.8. The molecule has 16 heteroatoms. The highest BCUT2D eigenvalue weighted by Gasteiger charge is 2.33. The van der Waals surface area contributed by atoms with Crippen molar-refractivity contribution >= 4 is 45.6 Å². The Hall–Kier alpha value is -6.03. The van der Waals surface area contributed by atoms with Gasteiger partial charge in [-0.25, -0.2) is 13.2 Å². The predicted molar refractivity (Wildman–Crippen MR) is 187 cm³/mol. The molecule has 15 nitrogen and oxygen atoms in total. The van der Waals surface area contributed by atoms with E-state index in [1.54, 1.807) is 68.4 Å². The van der Waals surface area contributed by atoms with Gasteiger partial charge >= 0.3 is 18.0 Å². The molecule has 0 aromatic heterocycles. The van der Waals surface area contributed by atoms with Crippen molar-refractivity contribution in [2.75, 3.05) is 0 Å². The average molecular weight is 737 g/mol. The number of carbonyl (C=O) groups excluding carboxylic acids is 4. The number of benzene rings is 3. The van der Waals surface area contributed by atoms with Crippen molar-refractivity contribution in [3.05, 3.63) is 114 Å². The van der Waals surface area contributed by atoms with Crippen LogP contribution in [0.25, 0.3) is 0 Å². The van der Waals surface area contributed by atoms with Crippen molar-refractivity contribution in [3.8, 4) is 0 Å². The lowest BCUT2D eigenvalue weighted by Crippen LogP contribution is -2.56. The Morgan fingerprint density at radius 3 is 1.81 bits per heavy atom. The molecule has 3 aromatic rings. The molecule has 0 saturated carbocycles. The second-order valence-corrected chi connectivity index (χ2v) is 13.7. The van der Waals surface area contributed by atoms with Crippen molar-refractivity contribution in [2.45, 2.75) is 62.4 Å². The fourth-order valence-electron chi connectivity index (χ4n) is 4.77. The van der Waals surface area contributed by atoms with Gasteiger partial charge in [0.15, 0.2) is 9.84 Å². The summed E-state index contributed by atoms with van der Waals surface area (Å²) in [6.45, 7) is 3.03. The van der Waals surface area contributed by atoms with Gasteiger partial charge in [0.1, 0.15) is 24.7 Å². The Labute approximate surface area is 300 Å². The van der Waals surface area contributed by atoms with Crippen molar-refractivity contribution in [1.29, 1.82) is 0 Å². The van der Waals surface area contributed by atoms with Crippen LogP contribution in [0.5, 0.6) is 0 Å². The van der Waals surface area contributed by atoms with Gasteiger partial charge in [0, 0.05) is 5.41 Å². The second-order valence-electron chi connectivity index (χ2n) is 11.8. The lowest BCUT2D eigenvalue weighted by Gasteiger charge is -2.27. The molecule has 0 saturated heterocycles. The number of alkyl carbamates (subject to hydrolysis) is 1. The fraction of sp³-hybridized carbons (Fsp3) is 0.278. The third kappa shape index (κ3) is 13.0. The first kappa shape index (κ1) is 40.4. The summed E-state index contributed by atoms with van der Waals surface area (Å²) in [5, 5.41) is 29.4. The molecule has 4 atom stereocenters. The number of aliphatic carboxylic acids is 2. The monoisotopic (exact) mass is 736 g/mol. The fourth-order valence-corrected chi connectivity index (χ4v) is 5.86. The van der Waals surface area contributed by atoms with E-state index < -0.39 is 88.5 Å². The number of carboxylic acids is 2. The zero-order chi connectivity index (χ0) is 38.3. The number of rotatable bonds is 18. The molecule has 0 heterocycles.